The van der Waals surface area contributed by atoms with Crippen LogP contribution in [-0.4, -0.2) is 24.7 Å². The predicted octanol–water partition coefficient (Wildman–Crippen LogP) is 1.91. The van der Waals surface area contributed by atoms with Gasteiger partial charge in [-0.3, -0.25) is 4.79 Å². The summed E-state index contributed by atoms with van der Waals surface area (Å²) in [5, 5.41) is 0. The molecule has 18 heavy (non-hydrogen) atoms. The van der Waals surface area contributed by atoms with Gasteiger partial charge in [-0.05, 0) is 44.9 Å². The van der Waals surface area contributed by atoms with Crippen LogP contribution in [0.4, 0.5) is 0 Å². The zero-order valence-electron chi connectivity index (χ0n) is 11.4. The normalized spacial score (nSPS) is 12.9. The molecule has 0 heterocycles. The Bertz CT molecular complexity index is 392. The van der Waals surface area contributed by atoms with Gasteiger partial charge in [-0.2, -0.15) is 0 Å². The van der Waals surface area contributed by atoms with Crippen molar-refractivity contribution < 1.29 is 14.3 Å². The molecule has 1 aromatic rings. The predicted molar refractivity (Wildman–Crippen MR) is 70.5 cm³/mol. The second kappa shape index (κ2) is 5.87. The second-order valence-electron chi connectivity index (χ2n) is 5.19. The van der Waals surface area contributed by atoms with Crippen molar-refractivity contribution in [3.63, 3.8) is 0 Å². The first-order valence-electron chi connectivity index (χ1n) is 5.93. The molecule has 4 heteroatoms. The van der Waals surface area contributed by atoms with Crippen LogP contribution < -0.4 is 10.5 Å². The average molecular weight is 251 g/mol. The number of rotatable bonds is 4. The zero-order chi connectivity index (χ0) is 13.8. The molecule has 1 aromatic carbocycles. The molecule has 0 unspecified atom stereocenters. The minimum absolute atomic E-state index is 0.218. The Hall–Kier alpha value is -1.55. The Morgan fingerprint density at radius 3 is 2.28 bits per heavy atom. The van der Waals surface area contributed by atoms with Crippen molar-refractivity contribution in [1.29, 1.82) is 0 Å². The molecule has 0 amide bonds. The van der Waals surface area contributed by atoms with Gasteiger partial charge in [0.2, 0.25) is 0 Å². The van der Waals surface area contributed by atoms with Gasteiger partial charge in [-0.25, -0.2) is 0 Å². The molecular formula is C14H21NO3. The Kier molecular flexibility index (Phi) is 4.73. The van der Waals surface area contributed by atoms with Gasteiger partial charge >= 0.3 is 5.97 Å². The maximum absolute atomic E-state index is 11.2. The minimum Gasteiger partial charge on any atom is -0.488 e. The molecule has 1 atom stereocenters. The third kappa shape index (κ3) is 4.75. The number of ether oxygens (including phenoxy) is 2. The zero-order valence-corrected chi connectivity index (χ0v) is 11.4. The molecule has 0 spiro atoms. The van der Waals surface area contributed by atoms with Gasteiger partial charge in [0, 0.05) is 0 Å². The van der Waals surface area contributed by atoms with Crippen LogP contribution in [0.25, 0.3) is 0 Å². The Balaban J connectivity index is 2.63. The van der Waals surface area contributed by atoms with E-state index in [1.807, 2.05) is 45.0 Å². The highest BCUT2D eigenvalue weighted by Gasteiger charge is 2.15. The lowest BCUT2D eigenvalue weighted by atomic mass is 10.1. The molecule has 0 saturated carbocycles. The first kappa shape index (κ1) is 14.5. The topological polar surface area (TPSA) is 61.5 Å². The first-order valence-corrected chi connectivity index (χ1v) is 5.93. The van der Waals surface area contributed by atoms with Gasteiger partial charge in [0.15, 0.2) is 0 Å². The summed E-state index contributed by atoms with van der Waals surface area (Å²) in [6.45, 7) is 5.98. The second-order valence-corrected chi connectivity index (χ2v) is 5.19. The summed E-state index contributed by atoms with van der Waals surface area (Å²) >= 11 is 0. The number of hydrogen-bond donors (Lipinski definition) is 1. The minimum atomic E-state index is -0.621. The summed E-state index contributed by atoms with van der Waals surface area (Å²) in [6.07, 6.45) is 0.461. The van der Waals surface area contributed by atoms with Crippen LogP contribution in [0.15, 0.2) is 24.3 Å². The standard InChI is InChI=1S/C14H21NO3/c1-14(2,3)18-11-7-5-10(6-8-11)9-12(15)13(16)17-4/h5-8,12H,9,15H2,1-4H3/t12-/m1/s1. The quantitative estimate of drug-likeness (QED) is 0.830. The van der Waals surface area contributed by atoms with Crippen molar-refractivity contribution in [2.75, 3.05) is 7.11 Å². The molecule has 0 aliphatic rings. The third-order valence-electron chi connectivity index (χ3n) is 2.31. The van der Waals surface area contributed by atoms with Crippen molar-refractivity contribution in [3.05, 3.63) is 29.8 Å². The highest BCUT2D eigenvalue weighted by Crippen LogP contribution is 2.18. The molecule has 0 aliphatic carbocycles. The average Bonchev–Trinajstić information content (AvgIpc) is 2.28. The number of benzene rings is 1. The number of carbonyl (C=O) groups is 1. The van der Waals surface area contributed by atoms with Crippen LogP contribution in [-0.2, 0) is 16.0 Å². The number of carbonyl (C=O) groups excluding carboxylic acids is 1. The molecule has 100 valence electrons. The molecule has 0 fully saturated rings. The van der Waals surface area contributed by atoms with Gasteiger partial charge in [0.1, 0.15) is 17.4 Å². The monoisotopic (exact) mass is 251 g/mol. The van der Waals surface area contributed by atoms with Crippen LogP contribution in [0, 0.1) is 0 Å². The molecular weight excluding hydrogens is 230 g/mol. The van der Waals surface area contributed by atoms with Crippen molar-refractivity contribution in [2.45, 2.75) is 38.8 Å². The number of methoxy groups -OCH3 is 1. The lowest BCUT2D eigenvalue weighted by Crippen LogP contribution is -2.33. The molecule has 4 nitrogen and oxygen atoms in total. The summed E-state index contributed by atoms with van der Waals surface area (Å²) in [5.74, 6) is 0.405. The van der Waals surface area contributed by atoms with Crippen LogP contribution in [0.2, 0.25) is 0 Å². The molecule has 2 N–H and O–H groups in total. The summed E-state index contributed by atoms with van der Waals surface area (Å²) in [5.41, 5.74) is 6.46. The van der Waals surface area contributed by atoms with E-state index in [0.29, 0.717) is 6.42 Å². The van der Waals surface area contributed by atoms with Crippen LogP contribution >= 0.6 is 0 Å². The lowest BCUT2D eigenvalue weighted by Gasteiger charge is -2.21. The van der Waals surface area contributed by atoms with E-state index in [-0.39, 0.29) is 5.60 Å². The van der Waals surface area contributed by atoms with Crippen LogP contribution in [0.3, 0.4) is 0 Å². The van der Waals surface area contributed by atoms with E-state index in [1.165, 1.54) is 7.11 Å². The van der Waals surface area contributed by atoms with E-state index >= 15 is 0 Å². The van der Waals surface area contributed by atoms with E-state index in [0.717, 1.165) is 11.3 Å². The Morgan fingerprint density at radius 2 is 1.83 bits per heavy atom. The van der Waals surface area contributed by atoms with Gasteiger partial charge in [0.25, 0.3) is 0 Å². The Morgan fingerprint density at radius 1 is 1.28 bits per heavy atom. The molecule has 0 bridgehead atoms. The fourth-order valence-corrected chi connectivity index (χ4v) is 1.54. The van der Waals surface area contributed by atoms with E-state index in [1.54, 1.807) is 0 Å². The molecule has 0 aliphatic heterocycles. The number of esters is 1. The molecule has 0 aromatic heterocycles. The summed E-state index contributed by atoms with van der Waals surface area (Å²) in [6, 6.07) is 6.95. The maximum Gasteiger partial charge on any atom is 0.322 e. The van der Waals surface area contributed by atoms with Crippen LogP contribution in [0.1, 0.15) is 26.3 Å². The maximum atomic E-state index is 11.2. The summed E-state index contributed by atoms with van der Waals surface area (Å²) in [4.78, 5) is 11.2. The van der Waals surface area contributed by atoms with Crippen molar-refractivity contribution in [1.82, 2.24) is 0 Å². The Labute approximate surface area is 108 Å². The van der Waals surface area contributed by atoms with Gasteiger partial charge in [-0.15, -0.1) is 0 Å². The fraction of sp³-hybridized carbons (Fsp3) is 0.500. The highest BCUT2D eigenvalue weighted by molar-refractivity contribution is 5.75. The van der Waals surface area contributed by atoms with E-state index in [4.69, 9.17) is 10.5 Å². The van der Waals surface area contributed by atoms with E-state index < -0.39 is 12.0 Å². The van der Waals surface area contributed by atoms with E-state index in [2.05, 4.69) is 4.74 Å². The molecule has 0 radical (unpaired) electrons. The number of nitrogens with two attached hydrogens (primary N) is 1. The van der Waals surface area contributed by atoms with Crippen molar-refractivity contribution in [3.8, 4) is 5.75 Å². The highest BCUT2D eigenvalue weighted by atomic mass is 16.5. The fourth-order valence-electron chi connectivity index (χ4n) is 1.54. The molecule has 0 saturated heterocycles. The smallest absolute Gasteiger partial charge is 0.322 e. The van der Waals surface area contributed by atoms with Crippen molar-refractivity contribution >= 4 is 5.97 Å². The summed E-state index contributed by atoms with van der Waals surface area (Å²) in [7, 11) is 1.34. The summed E-state index contributed by atoms with van der Waals surface area (Å²) < 4.78 is 10.3. The van der Waals surface area contributed by atoms with Gasteiger partial charge < -0.3 is 15.2 Å². The van der Waals surface area contributed by atoms with Gasteiger partial charge in [-0.1, -0.05) is 12.1 Å². The van der Waals surface area contributed by atoms with Gasteiger partial charge in [0.05, 0.1) is 7.11 Å². The van der Waals surface area contributed by atoms with E-state index in [9.17, 15) is 4.79 Å². The SMILES string of the molecule is COC(=O)[C@H](N)Cc1ccc(OC(C)(C)C)cc1. The largest absolute Gasteiger partial charge is 0.488 e. The van der Waals surface area contributed by atoms with Crippen molar-refractivity contribution in [2.24, 2.45) is 5.73 Å². The first-order chi connectivity index (χ1) is 8.31. The van der Waals surface area contributed by atoms with Crippen LogP contribution in [0.5, 0.6) is 5.75 Å². The lowest BCUT2D eigenvalue weighted by molar-refractivity contribution is -0.142. The number of hydrogen-bond acceptors (Lipinski definition) is 4. The molecule has 1 rings (SSSR count). The third-order valence-corrected chi connectivity index (χ3v) is 2.31.